The fraction of sp³-hybridized carbons (Fsp3) is 0.308. The van der Waals surface area contributed by atoms with Crippen LogP contribution < -0.4 is 11.1 Å². The molecule has 1 aromatic heterocycles. The number of benzene rings is 1. The first-order valence-corrected chi connectivity index (χ1v) is 7.43. The molecule has 0 atom stereocenters. The molecule has 0 bridgehead atoms. The first-order valence-electron chi connectivity index (χ1n) is 6.27. The molecule has 0 unspecified atom stereocenters. The van der Waals surface area contributed by atoms with Crippen molar-refractivity contribution in [2.75, 3.05) is 18.0 Å². The number of carbonyl (C=O) groups is 1. The molecule has 0 aliphatic carbocycles. The number of hydrogen-bond acceptors (Lipinski definition) is 5. The molecular formula is C13H13F3N4OS. The van der Waals surface area contributed by atoms with Crippen LogP contribution in [-0.2, 0) is 10.5 Å². The van der Waals surface area contributed by atoms with Gasteiger partial charge in [-0.25, -0.2) is 9.97 Å². The predicted molar refractivity (Wildman–Crippen MR) is 79.2 cm³/mol. The second kappa shape index (κ2) is 6.82. The maximum absolute atomic E-state index is 11.9. The first kappa shape index (κ1) is 16.3. The minimum absolute atomic E-state index is 0.105. The molecule has 3 N–H and O–H groups in total. The Morgan fingerprint density at radius 3 is 2.73 bits per heavy atom. The van der Waals surface area contributed by atoms with Crippen molar-refractivity contribution in [1.82, 2.24) is 15.3 Å². The monoisotopic (exact) mass is 330 g/mol. The zero-order valence-corrected chi connectivity index (χ0v) is 12.2. The number of fused-ring (bicyclic) bond motifs is 1. The second-order valence-electron chi connectivity index (χ2n) is 4.43. The summed E-state index contributed by atoms with van der Waals surface area (Å²) in [7, 11) is 0. The highest BCUT2D eigenvalue weighted by atomic mass is 32.2. The third-order valence-electron chi connectivity index (χ3n) is 2.63. The summed E-state index contributed by atoms with van der Waals surface area (Å²) in [5.74, 6) is 0.268. The lowest BCUT2D eigenvalue weighted by Gasteiger charge is -2.08. The van der Waals surface area contributed by atoms with Gasteiger partial charge in [0.1, 0.15) is 18.2 Å². The molecule has 2 rings (SSSR count). The Balaban J connectivity index is 1.88. The number of aromatic nitrogens is 2. The molecule has 22 heavy (non-hydrogen) atoms. The molecule has 5 nitrogen and oxygen atoms in total. The predicted octanol–water partition coefficient (Wildman–Crippen LogP) is 2.12. The normalized spacial score (nSPS) is 11.6. The van der Waals surface area contributed by atoms with Crippen molar-refractivity contribution in [3.8, 4) is 0 Å². The number of carbonyl (C=O) groups excluding carboxylic acids is 1. The lowest BCUT2D eigenvalue weighted by Crippen LogP contribution is -2.34. The minimum Gasteiger partial charge on any atom is -0.383 e. The van der Waals surface area contributed by atoms with E-state index >= 15 is 0 Å². The molecule has 0 aliphatic heterocycles. The van der Waals surface area contributed by atoms with Gasteiger partial charge in [0.15, 0.2) is 0 Å². The van der Waals surface area contributed by atoms with Gasteiger partial charge >= 0.3 is 6.18 Å². The molecular weight excluding hydrogens is 317 g/mol. The van der Waals surface area contributed by atoms with Crippen molar-refractivity contribution in [3.63, 3.8) is 0 Å². The van der Waals surface area contributed by atoms with E-state index in [2.05, 4.69) is 9.97 Å². The quantitative estimate of drug-likeness (QED) is 0.878. The number of halogens is 3. The molecule has 0 spiro atoms. The number of amides is 1. The summed E-state index contributed by atoms with van der Waals surface area (Å²) in [6.07, 6.45) is -4.41. The van der Waals surface area contributed by atoms with Crippen LogP contribution in [0.25, 0.3) is 10.9 Å². The summed E-state index contributed by atoms with van der Waals surface area (Å²) in [6.45, 7) is -1.33. The summed E-state index contributed by atoms with van der Waals surface area (Å²) >= 11 is 1.12. The molecule has 0 aliphatic rings. The van der Waals surface area contributed by atoms with Crippen LogP contribution in [-0.4, -0.2) is 34.3 Å². The van der Waals surface area contributed by atoms with Gasteiger partial charge in [-0.3, -0.25) is 4.79 Å². The molecule has 1 aromatic carbocycles. The third-order valence-corrected chi connectivity index (χ3v) is 3.56. The van der Waals surface area contributed by atoms with Gasteiger partial charge in [0.2, 0.25) is 5.91 Å². The number of hydrogen-bond donors (Lipinski definition) is 2. The maximum atomic E-state index is 11.9. The van der Waals surface area contributed by atoms with Crippen molar-refractivity contribution in [2.45, 2.75) is 11.9 Å². The van der Waals surface area contributed by atoms with Gasteiger partial charge in [-0.2, -0.15) is 13.2 Å². The lowest BCUT2D eigenvalue weighted by atomic mass is 10.2. The number of nitrogen functional groups attached to an aromatic ring is 1. The second-order valence-corrected chi connectivity index (χ2v) is 5.41. The van der Waals surface area contributed by atoms with E-state index < -0.39 is 18.6 Å². The van der Waals surface area contributed by atoms with Crippen LogP contribution in [0.1, 0.15) is 5.82 Å². The van der Waals surface area contributed by atoms with Crippen LogP contribution in [0.3, 0.4) is 0 Å². The van der Waals surface area contributed by atoms with Crippen molar-refractivity contribution in [1.29, 1.82) is 0 Å². The fourth-order valence-corrected chi connectivity index (χ4v) is 2.40. The minimum atomic E-state index is -4.41. The molecule has 0 saturated carbocycles. The van der Waals surface area contributed by atoms with E-state index in [-0.39, 0.29) is 11.5 Å². The number of rotatable bonds is 5. The van der Waals surface area contributed by atoms with Gasteiger partial charge in [-0.15, -0.1) is 11.8 Å². The summed E-state index contributed by atoms with van der Waals surface area (Å²) in [4.78, 5) is 19.7. The average molecular weight is 330 g/mol. The van der Waals surface area contributed by atoms with Gasteiger partial charge in [-0.1, -0.05) is 12.1 Å². The van der Waals surface area contributed by atoms with Gasteiger partial charge in [0.05, 0.1) is 17.0 Å². The Bertz CT molecular complexity index is 678. The van der Waals surface area contributed by atoms with Crippen molar-refractivity contribution < 1.29 is 18.0 Å². The van der Waals surface area contributed by atoms with E-state index in [1.807, 2.05) is 12.1 Å². The number of nitrogens with zero attached hydrogens (tertiary/aromatic N) is 2. The Morgan fingerprint density at radius 2 is 2.00 bits per heavy atom. The third kappa shape index (κ3) is 4.76. The maximum Gasteiger partial charge on any atom is 0.405 e. The average Bonchev–Trinajstić information content (AvgIpc) is 2.44. The van der Waals surface area contributed by atoms with E-state index in [0.29, 0.717) is 17.2 Å². The number of anilines is 1. The summed E-state index contributed by atoms with van der Waals surface area (Å²) in [5, 5.41) is 2.53. The van der Waals surface area contributed by atoms with Crippen LogP contribution in [0.4, 0.5) is 19.0 Å². The van der Waals surface area contributed by atoms with Crippen LogP contribution in [0, 0.1) is 0 Å². The molecule has 118 valence electrons. The molecule has 1 heterocycles. The molecule has 2 aromatic rings. The summed E-state index contributed by atoms with van der Waals surface area (Å²) < 4.78 is 35.8. The Morgan fingerprint density at radius 1 is 1.27 bits per heavy atom. The standard InChI is InChI=1S/C13H13F3N4OS/c14-13(15,16)7-18-11(21)6-22-5-10-19-9-4-2-1-3-8(9)12(17)20-10/h1-4H,5-7H2,(H,18,21)(H2,17,19,20). The van der Waals surface area contributed by atoms with Gasteiger partial charge in [0, 0.05) is 5.39 Å². The summed E-state index contributed by atoms with van der Waals surface area (Å²) in [5.41, 5.74) is 6.51. The van der Waals surface area contributed by atoms with E-state index in [9.17, 15) is 18.0 Å². The lowest BCUT2D eigenvalue weighted by molar-refractivity contribution is -0.136. The Kier molecular flexibility index (Phi) is 5.07. The van der Waals surface area contributed by atoms with Crippen molar-refractivity contribution in [3.05, 3.63) is 30.1 Å². The zero-order valence-electron chi connectivity index (χ0n) is 11.4. The van der Waals surface area contributed by atoms with Gasteiger partial charge in [-0.05, 0) is 12.1 Å². The van der Waals surface area contributed by atoms with E-state index in [0.717, 1.165) is 17.1 Å². The fourth-order valence-electron chi connectivity index (χ4n) is 1.70. The van der Waals surface area contributed by atoms with Crippen molar-refractivity contribution in [2.24, 2.45) is 0 Å². The van der Waals surface area contributed by atoms with Gasteiger partial charge in [0.25, 0.3) is 0 Å². The molecule has 9 heteroatoms. The Hall–Kier alpha value is -2.03. The first-order chi connectivity index (χ1) is 10.3. The van der Waals surface area contributed by atoms with E-state index in [1.165, 1.54) is 0 Å². The highest BCUT2D eigenvalue weighted by molar-refractivity contribution is 7.99. The van der Waals surface area contributed by atoms with Gasteiger partial charge < -0.3 is 11.1 Å². The zero-order chi connectivity index (χ0) is 16.2. The SMILES string of the molecule is Nc1nc(CSCC(=O)NCC(F)(F)F)nc2ccccc12. The van der Waals surface area contributed by atoms with Crippen LogP contribution >= 0.6 is 11.8 Å². The largest absolute Gasteiger partial charge is 0.405 e. The molecule has 0 saturated heterocycles. The van der Waals surface area contributed by atoms with Crippen LogP contribution in [0.5, 0.6) is 0 Å². The molecule has 1 amide bonds. The highest BCUT2D eigenvalue weighted by Crippen LogP contribution is 2.19. The molecule has 0 radical (unpaired) electrons. The topological polar surface area (TPSA) is 80.9 Å². The number of nitrogens with one attached hydrogen (secondary N) is 1. The Labute approximate surface area is 128 Å². The van der Waals surface area contributed by atoms with E-state index in [1.54, 1.807) is 17.4 Å². The highest BCUT2D eigenvalue weighted by Gasteiger charge is 2.27. The number of thioether (sulfide) groups is 1. The van der Waals surface area contributed by atoms with E-state index in [4.69, 9.17) is 5.73 Å². The smallest absolute Gasteiger partial charge is 0.383 e. The van der Waals surface area contributed by atoms with Crippen LogP contribution in [0.15, 0.2) is 24.3 Å². The number of nitrogens with two attached hydrogens (primary N) is 1. The molecule has 0 fully saturated rings. The number of alkyl halides is 3. The van der Waals surface area contributed by atoms with Crippen LogP contribution in [0.2, 0.25) is 0 Å². The summed E-state index contributed by atoms with van der Waals surface area (Å²) in [6, 6.07) is 7.22. The van der Waals surface area contributed by atoms with Crippen molar-refractivity contribution >= 4 is 34.4 Å². The number of para-hydroxylation sites is 1.